The highest BCUT2D eigenvalue weighted by atomic mass is 19.4. The number of nitrogens with one attached hydrogen (secondary N) is 1. The molecule has 2 aromatic carbocycles. The molecule has 1 atom stereocenters. The predicted octanol–water partition coefficient (Wildman–Crippen LogP) is 4.11. The minimum atomic E-state index is -4.43. The number of anilines is 1. The van der Waals surface area contributed by atoms with Crippen LogP contribution < -0.4 is 5.32 Å². The van der Waals surface area contributed by atoms with Crippen molar-refractivity contribution in [1.29, 1.82) is 0 Å². The lowest BCUT2D eigenvalue weighted by Crippen LogP contribution is -2.54. The van der Waals surface area contributed by atoms with Crippen LogP contribution in [0.2, 0.25) is 0 Å². The van der Waals surface area contributed by atoms with Gasteiger partial charge >= 0.3 is 6.18 Å². The van der Waals surface area contributed by atoms with E-state index in [2.05, 4.69) is 5.32 Å². The van der Waals surface area contributed by atoms with E-state index in [0.29, 0.717) is 26.2 Å². The molecule has 0 radical (unpaired) electrons. The molecule has 2 amide bonds. The van der Waals surface area contributed by atoms with E-state index < -0.39 is 11.7 Å². The minimum Gasteiger partial charge on any atom is -0.336 e. The summed E-state index contributed by atoms with van der Waals surface area (Å²) in [5.74, 6) is -0.421. The van der Waals surface area contributed by atoms with E-state index in [4.69, 9.17) is 0 Å². The van der Waals surface area contributed by atoms with Crippen molar-refractivity contribution in [1.82, 2.24) is 9.80 Å². The molecular weight excluding hydrogens is 407 g/mol. The topological polar surface area (TPSA) is 52.7 Å². The molecule has 0 aromatic heterocycles. The Morgan fingerprint density at radius 1 is 0.968 bits per heavy atom. The highest BCUT2D eigenvalue weighted by Gasteiger charge is 2.31. The summed E-state index contributed by atoms with van der Waals surface area (Å²) in [7, 11) is 0. The normalized spacial score (nSPS) is 16.1. The molecule has 8 heteroatoms. The molecule has 1 saturated heterocycles. The smallest absolute Gasteiger partial charge is 0.336 e. The average Bonchev–Trinajstić information content (AvgIpc) is 2.74. The lowest BCUT2D eigenvalue weighted by atomic mass is 10.1. The molecule has 1 aliphatic heterocycles. The molecule has 1 fully saturated rings. The fourth-order valence-corrected chi connectivity index (χ4v) is 3.65. The van der Waals surface area contributed by atoms with E-state index >= 15 is 0 Å². The van der Waals surface area contributed by atoms with Crippen molar-refractivity contribution in [3.8, 4) is 0 Å². The monoisotopic (exact) mass is 433 g/mol. The van der Waals surface area contributed by atoms with Crippen LogP contribution in [0.4, 0.5) is 18.9 Å². The zero-order valence-electron chi connectivity index (χ0n) is 17.8. The Kier molecular flexibility index (Phi) is 6.69. The maximum absolute atomic E-state index is 12.7. The van der Waals surface area contributed by atoms with Gasteiger partial charge in [0.15, 0.2) is 0 Å². The van der Waals surface area contributed by atoms with Gasteiger partial charge in [-0.05, 0) is 56.7 Å². The summed E-state index contributed by atoms with van der Waals surface area (Å²) in [6.07, 6.45) is -4.43. The Hall–Kier alpha value is -2.87. The highest BCUT2D eigenvalue weighted by molar-refractivity contribution is 5.95. The van der Waals surface area contributed by atoms with Crippen LogP contribution in [0.3, 0.4) is 0 Å². The number of amides is 2. The second kappa shape index (κ2) is 9.09. The van der Waals surface area contributed by atoms with E-state index in [1.807, 2.05) is 43.9 Å². The largest absolute Gasteiger partial charge is 0.416 e. The second-order valence-corrected chi connectivity index (χ2v) is 7.89. The van der Waals surface area contributed by atoms with Gasteiger partial charge in [-0.1, -0.05) is 17.7 Å². The molecule has 0 aliphatic carbocycles. The zero-order valence-corrected chi connectivity index (χ0v) is 17.8. The number of carbonyl (C=O) groups excluding carboxylic acids is 2. The number of aryl methyl sites for hydroxylation is 2. The summed E-state index contributed by atoms with van der Waals surface area (Å²) >= 11 is 0. The molecule has 166 valence electrons. The summed E-state index contributed by atoms with van der Waals surface area (Å²) in [6, 6.07) is 9.71. The van der Waals surface area contributed by atoms with E-state index in [1.165, 1.54) is 12.1 Å². The first-order valence-electron chi connectivity index (χ1n) is 10.1. The fourth-order valence-electron chi connectivity index (χ4n) is 3.65. The predicted molar refractivity (Wildman–Crippen MR) is 113 cm³/mol. The first-order valence-corrected chi connectivity index (χ1v) is 10.1. The van der Waals surface area contributed by atoms with Crippen molar-refractivity contribution in [2.75, 3.05) is 31.5 Å². The van der Waals surface area contributed by atoms with Gasteiger partial charge in [-0.15, -0.1) is 0 Å². The highest BCUT2D eigenvalue weighted by Crippen LogP contribution is 2.29. The van der Waals surface area contributed by atoms with Gasteiger partial charge < -0.3 is 10.2 Å². The molecule has 5 nitrogen and oxygen atoms in total. The number of rotatable bonds is 4. The lowest BCUT2D eigenvalue weighted by Gasteiger charge is -2.37. The van der Waals surface area contributed by atoms with Crippen molar-refractivity contribution >= 4 is 17.5 Å². The number of nitrogens with zero attached hydrogens (tertiary/aromatic N) is 2. The molecule has 0 spiro atoms. The van der Waals surface area contributed by atoms with Crippen molar-refractivity contribution < 1.29 is 22.8 Å². The summed E-state index contributed by atoms with van der Waals surface area (Å²) < 4.78 is 38.1. The van der Waals surface area contributed by atoms with Gasteiger partial charge in [0.05, 0.1) is 11.6 Å². The summed E-state index contributed by atoms with van der Waals surface area (Å²) in [5, 5.41) is 2.96. The molecule has 31 heavy (non-hydrogen) atoms. The van der Waals surface area contributed by atoms with Crippen molar-refractivity contribution in [3.63, 3.8) is 0 Å². The Labute approximate surface area is 179 Å². The molecule has 1 N–H and O–H groups in total. The number of halogens is 3. The number of hydrogen-bond acceptors (Lipinski definition) is 3. The standard InChI is InChI=1S/C23H26F3N3O2/c1-15-4-9-20(16(2)14-15)27-21(30)17(3)28-10-12-29(13-11-28)22(31)18-5-7-19(8-6-18)23(24,25)26/h4-9,14,17H,10-13H2,1-3H3,(H,27,30). The SMILES string of the molecule is Cc1ccc(NC(=O)C(C)N2CCN(C(=O)c3ccc(C(F)(F)F)cc3)CC2)c(C)c1. The van der Waals surface area contributed by atoms with Crippen LogP contribution in [0.25, 0.3) is 0 Å². The maximum atomic E-state index is 12.7. The number of carbonyl (C=O) groups is 2. The number of hydrogen-bond donors (Lipinski definition) is 1. The van der Waals surface area contributed by atoms with Crippen molar-refractivity contribution in [2.24, 2.45) is 0 Å². The fraction of sp³-hybridized carbons (Fsp3) is 0.391. The van der Waals surface area contributed by atoms with Crippen LogP contribution in [0.5, 0.6) is 0 Å². The van der Waals surface area contributed by atoms with Gasteiger partial charge in [0, 0.05) is 37.4 Å². The maximum Gasteiger partial charge on any atom is 0.416 e. The number of piperazine rings is 1. The van der Waals surface area contributed by atoms with Crippen molar-refractivity contribution in [3.05, 3.63) is 64.7 Å². The summed E-state index contributed by atoms with van der Waals surface area (Å²) in [5.41, 5.74) is 2.34. The lowest BCUT2D eigenvalue weighted by molar-refractivity contribution is -0.137. The van der Waals surface area contributed by atoms with Crippen molar-refractivity contribution in [2.45, 2.75) is 33.0 Å². The molecule has 1 aliphatic rings. The summed E-state index contributed by atoms with van der Waals surface area (Å²) in [6.45, 7) is 7.58. The Morgan fingerprint density at radius 3 is 2.13 bits per heavy atom. The Balaban J connectivity index is 1.55. The van der Waals surface area contributed by atoms with Crippen LogP contribution in [-0.2, 0) is 11.0 Å². The number of alkyl halides is 3. The third kappa shape index (κ3) is 5.44. The van der Waals surface area contributed by atoms with Crippen LogP contribution in [0.1, 0.15) is 34.0 Å². The third-order valence-electron chi connectivity index (χ3n) is 5.63. The van der Waals surface area contributed by atoms with E-state index in [-0.39, 0.29) is 23.4 Å². The van der Waals surface area contributed by atoms with E-state index in [0.717, 1.165) is 28.9 Å². The van der Waals surface area contributed by atoms with E-state index in [1.54, 1.807) is 4.90 Å². The zero-order chi connectivity index (χ0) is 22.8. The van der Waals surface area contributed by atoms with Gasteiger partial charge in [-0.2, -0.15) is 13.2 Å². The van der Waals surface area contributed by atoms with Crippen LogP contribution >= 0.6 is 0 Å². The first-order chi connectivity index (χ1) is 14.6. The third-order valence-corrected chi connectivity index (χ3v) is 5.63. The quantitative estimate of drug-likeness (QED) is 0.790. The second-order valence-electron chi connectivity index (χ2n) is 7.89. The minimum absolute atomic E-state index is 0.116. The summed E-state index contributed by atoms with van der Waals surface area (Å²) in [4.78, 5) is 28.9. The van der Waals surface area contributed by atoms with Crippen LogP contribution in [0.15, 0.2) is 42.5 Å². The van der Waals surface area contributed by atoms with Gasteiger partial charge in [0.2, 0.25) is 5.91 Å². The van der Waals surface area contributed by atoms with Gasteiger partial charge in [0.1, 0.15) is 0 Å². The van der Waals surface area contributed by atoms with Gasteiger partial charge in [-0.3, -0.25) is 14.5 Å². The molecule has 2 aromatic rings. The van der Waals surface area contributed by atoms with Gasteiger partial charge in [0.25, 0.3) is 5.91 Å². The van der Waals surface area contributed by atoms with Gasteiger partial charge in [-0.25, -0.2) is 0 Å². The average molecular weight is 433 g/mol. The molecule has 3 rings (SSSR count). The molecule has 0 bridgehead atoms. The Bertz CT molecular complexity index is 950. The van der Waals surface area contributed by atoms with Crippen LogP contribution in [0, 0.1) is 13.8 Å². The molecular formula is C23H26F3N3O2. The number of benzene rings is 2. The van der Waals surface area contributed by atoms with E-state index in [9.17, 15) is 22.8 Å². The molecule has 1 heterocycles. The first kappa shape index (κ1) is 22.8. The Morgan fingerprint density at radius 2 is 1.58 bits per heavy atom. The molecule has 0 saturated carbocycles. The molecule has 1 unspecified atom stereocenters. The van der Waals surface area contributed by atoms with Crippen LogP contribution in [-0.4, -0.2) is 53.8 Å².